The summed E-state index contributed by atoms with van der Waals surface area (Å²) in [4.78, 5) is 14.0. The lowest BCUT2D eigenvalue weighted by atomic mass is 10.1. The van der Waals surface area contributed by atoms with Crippen LogP contribution < -0.4 is 15.8 Å². The van der Waals surface area contributed by atoms with Crippen molar-refractivity contribution in [3.8, 4) is 0 Å². The number of ether oxygens (including phenoxy) is 1. The fraction of sp³-hybridized carbons (Fsp3) is 0.636. The zero-order valence-electron chi connectivity index (χ0n) is 10.5. The molecule has 0 unspecified atom stereocenters. The van der Waals surface area contributed by atoms with E-state index in [-0.39, 0.29) is 10.6 Å². The minimum Gasteiger partial charge on any atom is -0.383 e. The average molecular weight is 273 g/mol. The van der Waals surface area contributed by atoms with Crippen LogP contribution in [-0.4, -0.2) is 49.7 Å². The monoisotopic (exact) mass is 272 g/mol. The predicted molar refractivity (Wildman–Crippen MR) is 70.4 cm³/mol. The predicted octanol–water partition coefficient (Wildman–Crippen LogP) is -0.0489. The van der Waals surface area contributed by atoms with Gasteiger partial charge in [0.25, 0.3) is 5.56 Å². The standard InChI is InChI=1S/C11H17ClN4O2/c1-15(8-5-13-6-8)9-7-14-16(3-4-18-2)11(17)10(9)12/h7-8,13H,3-6H2,1-2H3. The Morgan fingerprint density at radius 1 is 1.67 bits per heavy atom. The maximum absolute atomic E-state index is 12.0. The number of likely N-dealkylation sites (N-methyl/N-ethyl adjacent to an activating group) is 1. The number of anilines is 1. The summed E-state index contributed by atoms with van der Waals surface area (Å²) in [5, 5.41) is 7.51. The molecular formula is C11H17ClN4O2. The number of nitrogens with zero attached hydrogens (tertiary/aromatic N) is 3. The van der Waals surface area contributed by atoms with Gasteiger partial charge in [-0.25, -0.2) is 4.68 Å². The van der Waals surface area contributed by atoms with Crippen LogP contribution >= 0.6 is 11.6 Å². The number of aromatic nitrogens is 2. The molecule has 1 aromatic heterocycles. The Morgan fingerprint density at radius 2 is 2.39 bits per heavy atom. The number of rotatable bonds is 5. The molecule has 1 saturated heterocycles. The van der Waals surface area contributed by atoms with Crippen LogP contribution in [0.25, 0.3) is 0 Å². The molecule has 7 heteroatoms. The minimum atomic E-state index is -0.273. The number of hydrogen-bond acceptors (Lipinski definition) is 5. The largest absolute Gasteiger partial charge is 0.383 e. The van der Waals surface area contributed by atoms with Gasteiger partial charge in [0.1, 0.15) is 5.02 Å². The van der Waals surface area contributed by atoms with Crippen LogP contribution in [0.4, 0.5) is 5.69 Å². The molecule has 0 spiro atoms. The summed E-state index contributed by atoms with van der Waals surface area (Å²) in [5.41, 5.74) is 0.409. The zero-order chi connectivity index (χ0) is 13.1. The average Bonchev–Trinajstić information content (AvgIpc) is 2.28. The van der Waals surface area contributed by atoms with Gasteiger partial charge in [0, 0.05) is 27.2 Å². The second kappa shape index (κ2) is 5.69. The topological polar surface area (TPSA) is 59.4 Å². The third kappa shape index (κ3) is 2.50. The molecule has 0 aliphatic carbocycles. The summed E-state index contributed by atoms with van der Waals surface area (Å²) >= 11 is 6.12. The normalized spacial score (nSPS) is 15.5. The van der Waals surface area contributed by atoms with E-state index in [1.54, 1.807) is 13.3 Å². The molecule has 1 aliphatic heterocycles. The first-order valence-electron chi connectivity index (χ1n) is 5.83. The highest BCUT2D eigenvalue weighted by Gasteiger charge is 2.24. The van der Waals surface area contributed by atoms with Crippen molar-refractivity contribution in [3.05, 3.63) is 21.6 Å². The maximum atomic E-state index is 12.0. The van der Waals surface area contributed by atoms with Crippen molar-refractivity contribution >= 4 is 17.3 Å². The Hall–Kier alpha value is -1.11. The molecule has 0 aromatic carbocycles. The number of halogens is 1. The molecule has 0 atom stereocenters. The van der Waals surface area contributed by atoms with Gasteiger partial charge in [-0.05, 0) is 0 Å². The van der Waals surface area contributed by atoms with Crippen LogP contribution in [0.3, 0.4) is 0 Å². The Morgan fingerprint density at radius 3 is 2.94 bits per heavy atom. The van der Waals surface area contributed by atoms with E-state index in [0.29, 0.717) is 24.9 Å². The lowest BCUT2D eigenvalue weighted by molar-refractivity contribution is 0.182. The molecule has 1 fully saturated rings. The van der Waals surface area contributed by atoms with Gasteiger partial charge in [-0.3, -0.25) is 4.79 Å². The summed E-state index contributed by atoms with van der Waals surface area (Å²) < 4.78 is 6.24. The van der Waals surface area contributed by atoms with Crippen molar-refractivity contribution in [2.45, 2.75) is 12.6 Å². The van der Waals surface area contributed by atoms with Crippen LogP contribution in [0.1, 0.15) is 0 Å². The van der Waals surface area contributed by atoms with Gasteiger partial charge in [0.2, 0.25) is 0 Å². The van der Waals surface area contributed by atoms with E-state index in [1.807, 2.05) is 11.9 Å². The Balaban J connectivity index is 2.22. The molecular weight excluding hydrogens is 256 g/mol. The quantitative estimate of drug-likeness (QED) is 0.815. The Kier molecular flexibility index (Phi) is 4.21. The molecule has 18 heavy (non-hydrogen) atoms. The van der Waals surface area contributed by atoms with Crippen LogP contribution in [0, 0.1) is 0 Å². The van der Waals surface area contributed by atoms with E-state index in [0.717, 1.165) is 13.1 Å². The van der Waals surface area contributed by atoms with Crippen molar-refractivity contribution < 1.29 is 4.74 Å². The molecule has 1 aliphatic rings. The lowest BCUT2D eigenvalue weighted by Gasteiger charge is -2.37. The number of methoxy groups -OCH3 is 1. The molecule has 6 nitrogen and oxygen atoms in total. The van der Waals surface area contributed by atoms with E-state index in [9.17, 15) is 4.79 Å². The second-order valence-corrected chi connectivity index (χ2v) is 4.67. The third-order valence-corrected chi connectivity index (χ3v) is 3.52. The fourth-order valence-electron chi connectivity index (χ4n) is 1.78. The Bertz CT molecular complexity index is 473. The molecule has 100 valence electrons. The van der Waals surface area contributed by atoms with Crippen molar-refractivity contribution in [1.29, 1.82) is 0 Å². The van der Waals surface area contributed by atoms with Gasteiger partial charge in [0.15, 0.2) is 0 Å². The SMILES string of the molecule is COCCn1ncc(N(C)C2CNC2)c(Cl)c1=O. The van der Waals surface area contributed by atoms with Crippen molar-refractivity contribution in [2.75, 3.05) is 38.8 Å². The molecule has 0 saturated carbocycles. The zero-order valence-corrected chi connectivity index (χ0v) is 11.3. The van der Waals surface area contributed by atoms with Gasteiger partial charge in [-0.2, -0.15) is 5.10 Å². The minimum absolute atomic E-state index is 0.218. The highest BCUT2D eigenvalue weighted by molar-refractivity contribution is 6.33. The van der Waals surface area contributed by atoms with Crippen molar-refractivity contribution in [3.63, 3.8) is 0 Å². The summed E-state index contributed by atoms with van der Waals surface area (Å²) in [6, 6.07) is 0.374. The van der Waals surface area contributed by atoms with Gasteiger partial charge in [0.05, 0.1) is 31.1 Å². The van der Waals surface area contributed by atoms with Gasteiger partial charge in [-0.15, -0.1) is 0 Å². The van der Waals surface area contributed by atoms with Crippen LogP contribution in [0.15, 0.2) is 11.0 Å². The molecule has 1 aromatic rings. The summed E-state index contributed by atoms with van der Waals surface area (Å²) in [5.74, 6) is 0. The fourth-order valence-corrected chi connectivity index (χ4v) is 2.06. The number of nitrogens with one attached hydrogen (secondary N) is 1. The summed E-state index contributed by atoms with van der Waals surface area (Å²) in [6.07, 6.45) is 1.64. The lowest BCUT2D eigenvalue weighted by Crippen LogP contribution is -2.56. The van der Waals surface area contributed by atoms with E-state index >= 15 is 0 Å². The van der Waals surface area contributed by atoms with E-state index in [1.165, 1.54) is 4.68 Å². The smallest absolute Gasteiger partial charge is 0.287 e. The molecule has 2 heterocycles. The first-order chi connectivity index (χ1) is 8.65. The highest BCUT2D eigenvalue weighted by Crippen LogP contribution is 2.22. The van der Waals surface area contributed by atoms with Gasteiger partial charge < -0.3 is 15.0 Å². The molecule has 0 radical (unpaired) electrons. The van der Waals surface area contributed by atoms with Crippen molar-refractivity contribution in [1.82, 2.24) is 15.1 Å². The molecule has 1 N–H and O–H groups in total. The first kappa shape index (κ1) is 13.3. The molecule has 0 bridgehead atoms. The molecule has 2 rings (SSSR count). The maximum Gasteiger partial charge on any atom is 0.287 e. The Labute approximate surface area is 110 Å². The van der Waals surface area contributed by atoms with E-state index in [2.05, 4.69) is 10.4 Å². The van der Waals surface area contributed by atoms with Crippen LogP contribution in [-0.2, 0) is 11.3 Å². The van der Waals surface area contributed by atoms with Crippen LogP contribution in [0.5, 0.6) is 0 Å². The van der Waals surface area contributed by atoms with Crippen molar-refractivity contribution in [2.24, 2.45) is 0 Å². The van der Waals surface area contributed by atoms with E-state index < -0.39 is 0 Å². The van der Waals surface area contributed by atoms with E-state index in [4.69, 9.17) is 16.3 Å². The van der Waals surface area contributed by atoms with Crippen LogP contribution in [0.2, 0.25) is 5.02 Å². The highest BCUT2D eigenvalue weighted by atomic mass is 35.5. The third-order valence-electron chi connectivity index (χ3n) is 3.16. The van der Waals surface area contributed by atoms with Gasteiger partial charge >= 0.3 is 0 Å². The first-order valence-corrected chi connectivity index (χ1v) is 6.21. The number of hydrogen-bond donors (Lipinski definition) is 1. The molecule has 0 amide bonds. The van der Waals surface area contributed by atoms with Gasteiger partial charge in [-0.1, -0.05) is 11.6 Å². The summed E-state index contributed by atoms with van der Waals surface area (Å²) in [7, 11) is 3.51. The summed E-state index contributed by atoms with van der Waals surface area (Å²) in [6.45, 7) is 2.65. The second-order valence-electron chi connectivity index (χ2n) is 4.29.